The zero-order chi connectivity index (χ0) is 25.3. The maximum absolute atomic E-state index is 14.2. The van der Waals surface area contributed by atoms with Crippen LogP contribution in [0, 0.1) is 23.1 Å². The maximum Gasteiger partial charge on any atom is 0.407 e. The van der Waals surface area contributed by atoms with Crippen molar-refractivity contribution in [2.45, 2.75) is 58.6 Å². The zero-order valence-electron chi connectivity index (χ0n) is 19.9. The van der Waals surface area contributed by atoms with Gasteiger partial charge in [-0.15, -0.1) is 0 Å². The van der Waals surface area contributed by atoms with Gasteiger partial charge in [0.15, 0.2) is 0 Å². The van der Waals surface area contributed by atoms with Gasteiger partial charge in [0.05, 0.1) is 18.6 Å². The number of benzene rings is 2. The van der Waals surface area contributed by atoms with Gasteiger partial charge in [-0.05, 0) is 69.9 Å². The fourth-order valence-corrected chi connectivity index (χ4v) is 3.64. The van der Waals surface area contributed by atoms with Crippen molar-refractivity contribution in [1.29, 1.82) is 5.26 Å². The largest absolute Gasteiger partial charge is 0.466 e. The Hall–Kier alpha value is -3.11. The zero-order valence-corrected chi connectivity index (χ0v) is 20.6. The van der Waals surface area contributed by atoms with Crippen LogP contribution in [-0.2, 0) is 20.7 Å². The third-order valence-electron chi connectivity index (χ3n) is 4.92. The van der Waals surface area contributed by atoms with Crippen LogP contribution in [0.2, 0.25) is 5.02 Å². The number of halogens is 2. The minimum Gasteiger partial charge on any atom is -0.466 e. The fraction of sp³-hybridized carbons (Fsp3) is 0.423. The number of amides is 1. The quantitative estimate of drug-likeness (QED) is 0.433. The van der Waals surface area contributed by atoms with E-state index in [2.05, 4.69) is 5.32 Å². The number of carbonyl (C=O) groups is 2. The van der Waals surface area contributed by atoms with Gasteiger partial charge in [0.1, 0.15) is 11.4 Å². The van der Waals surface area contributed by atoms with Crippen molar-refractivity contribution in [3.8, 4) is 17.2 Å². The summed E-state index contributed by atoms with van der Waals surface area (Å²) < 4.78 is 24.7. The SMILES string of the molecule is CCOC(=O)[C@H](CC#N)C[C@@H](Cc1ccc(-c2cc(Cl)ccc2F)cc1)NC(=O)OC(C)(C)C. The molecule has 0 radical (unpaired) electrons. The molecule has 0 saturated heterocycles. The molecule has 8 heteroatoms. The second-order valence-electron chi connectivity index (χ2n) is 8.92. The number of nitrogens with zero attached hydrogens (tertiary/aromatic N) is 1. The number of nitriles is 1. The Morgan fingerprint density at radius 3 is 2.44 bits per heavy atom. The second-order valence-corrected chi connectivity index (χ2v) is 9.35. The highest BCUT2D eigenvalue weighted by molar-refractivity contribution is 6.30. The summed E-state index contributed by atoms with van der Waals surface area (Å²) in [6.45, 7) is 7.17. The predicted octanol–water partition coefficient (Wildman–Crippen LogP) is 6.06. The van der Waals surface area contributed by atoms with E-state index in [1.807, 2.05) is 18.2 Å². The van der Waals surface area contributed by atoms with Crippen LogP contribution in [0.5, 0.6) is 0 Å². The molecule has 0 aromatic heterocycles. The molecule has 2 rings (SSSR count). The van der Waals surface area contributed by atoms with E-state index in [4.69, 9.17) is 26.3 Å². The third kappa shape index (κ3) is 8.68. The molecule has 0 spiro atoms. The van der Waals surface area contributed by atoms with Crippen molar-refractivity contribution in [2.75, 3.05) is 6.61 Å². The van der Waals surface area contributed by atoms with Gasteiger partial charge in [-0.3, -0.25) is 4.79 Å². The third-order valence-corrected chi connectivity index (χ3v) is 5.16. The van der Waals surface area contributed by atoms with Crippen LogP contribution in [0.25, 0.3) is 11.1 Å². The molecule has 0 saturated carbocycles. The van der Waals surface area contributed by atoms with Crippen LogP contribution in [0.1, 0.15) is 46.1 Å². The van der Waals surface area contributed by atoms with Crippen molar-refractivity contribution in [1.82, 2.24) is 5.32 Å². The monoisotopic (exact) mass is 488 g/mol. The average Bonchev–Trinajstić information content (AvgIpc) is 2.74. The van der Waals surface area contributed by atoms with Gasteiger partial charge in [-0.2, -0.15) is 5.26 Å². The lowest BCUT2D eigenvalue weighted by atomic mass is 9.92. The average molecular weight is 489 g/mol. The highest BCUT2D eigenvalue weighted by atomic mass is 35.5. The number of ether oxygens (including phenoxy) is 2. The highest BCUT2D eigenvalue weighted by Gasteiger charge is 2.27. The van der Waals surface area contributed by atoms with Crippen LogP contribution in [-0.4, -0.2) is 30.3 Å². The molecule has 0 aliphatic carbocycles. The Balaban J connectivity index is 2.24. The first-order chi connectivity index (χ1) is 16.0. The first-order valence-corrected chi connectivity index (χ1v) is 11.5. The maximum atomic E-state index is 14.2. The van der Waals surface area contributed by atoms with E-state index < -0.39 is 29.6 Å². The summed E-state index contributed by atoms with van der Waals surface area (Å²) in [4.78, 5) is 24.8. The minimum absolute atomic E-state index is 0.0295. The van der Waals surface area contributed by atoms with Gasteiger partial charge in [-0.25, -0.2) is 9.18 Å². The minimum atomic E-state index is -0.690. The Bertz CT molecular complexity index is 1030. The summed E-state index contributed by atoms with van der Waals surface area (Å²) in [5.41, 5.74) is 1.21. The van der Waals surface area contributed by atoms with E-state index in [0.29, 0.717) is 22.6 Å². The van der Waals surface area contributed by atoms with Crippen LogP contribution < -0.4 is 5.32 Å². The van der Waals surface area contributed by atoms with Crippen molar-refractivity contribution >= 4 is 23.7 Å². The van der Waals surface area contributed by atoms with Crippen LogP contribution in [0.15, 0.2) is 42.5 Å². The first-order valence-electron chi connectivity index (χ1n) is 11.1. The van der Waals surface area contributed by atoms with Crippen LogP contribution in [0.3, 0.4) is 0 Å². The van der Waals surface area contributed by atoms with Gasteiger partial charge in [0.2, 0.25) is 0 Å². The fourth-order valence-electron chi connectivity index (χ4n) is 3.47. The second kappa shape index (κ2) is 12.4. The smallest absolute Gasteiger partial charge is 0.407 e. The van der Waals surface area contributed by atoms with Gasteiger partial charge >= 0.3 is 12.1 Å². The summed E-state index contributed by atoms with van der Waals surface area (Å²) in [6.07, 6.45) is -0.0669. The molecular weight excluding hydrogens is 459 g/mol. The van der Waals surface area contributed by atoms with Crippen molar-refractivity contribution in [3.05, 3.63) is 58.9 Å². The topological polar surface area (TPSA) is 88.4 Å². The van der Waals surface area contributed by atoms with Gasteiger partial charge in [-0.1, -0.05) is 35.9 Å². The lowest BCUT2D eigenvalue weighted by Crippen LogP contribution is -2.42. The van der Waals surface area contributed by atoms with Gasteiger partial charge in [0.25, 0.3) is 0 Å². The number of rotatable bonds is 9. The lowest BCUT2D eigenvalue weighted by Gasteiger charge is -2.25. The molecule has 2 aromatic carbocycles. The first kappa shape index (κ1) is 27.1. The molecule has 2 aromatic rings. The van der Waals surface area contributed by atoms with Gasteiger partial charge < -0.3 is 14.8 Å². The normalized spacial score (nSPS) is 12.9. The van der Waals surface area contributed by atoms with Gasteiger partial charge in [0, 0.05) is 23.0 Å². The molecule has 0 aliphatic rings. The summed E-state index contributed by atoms with van der Waals surface area (Å²) in [5.74, 6) is -1.55. The Kier molecular flexibility index (Phi) is 9.88. The molecule has 0 bridgehead atoms. The molecule has 0 unspecified atom stereocenters. The van der Waals surface area contributed by atoms with E-state index in [9.17, 15) is 14.0 Å². The number of nitrogens with one attached hydrogen (secondary N) is 1. The highest BCUT2D eigenvalue weighted by Crippen LogP contribution is 2.27. The van der Waals surface area contributed by atoms with E-state index in [-0.39, 0.29) is 25.3 Å². The molecule has 0 heterocycles. The molecule has 34 heavy (non-hydrogen) atoms. The molecular formula is C26H30ClFN2O4. The molecule has 182 valence electrons. The molecule has 6 nitrogen and oxygen atoms in total. The number of carbonyl (C=O) groups excluding carboxylic acids is 2. The summed E-state index contributed by atoms with van der Waals surface area (Å²) in [7, 11) is 0. The van der Waals surface area contributed by atoms with E-state index in [1.54, 1.807) is 45.9 Å². The predicted molar refractivity (Wildman–Crippen MR) is 129 cm³/mol. The molecule has 1 amide bonds. The number of esters is 1. The van der Waals surface area contributed by atoms with E-state index in [1.165, 1.54) is 12.1 Å². The summed E-state index contributed by atoms with van der Waals surface area (Å²) >= 11 is 6.00. The van der Waals surface area contributed by atoms with E-state index in [0.717, 1.165) is 5.56 Å². The summed E-state index contributed by atoms with van der Waals surface area (Å²) in [6, 6.07) is 13.1. The molecule has 2 atom stereocenters. The molecule has 1 N–H and O–H groups in total. The number of hydrogen-bond acceptors (Lipinski definition) is 5. The lowest BCUT2D eigenvalue weighted by molar-refractivity contribution is -0.148. The van der Waals surface area contributed by atoms with Crippen LogP contribution in [0.4, 0.5) is 9.18 Å². The number of hydrogen-bond donors (Lipinski definition) is 1. The van der Waals surface area contributed by atoms with Crippen molar-refractivity contribution in [2.24, 2.45) is 5.92 Å². The molecule has 0 aliphatic heterocycles. The Morgan fingerprint density at radius 1 is 1.18 bits per heavy atom. The standard InChI is InChI=1S/C26H30ClFN2O4/c1-5-33-24(31)19(12-13-29)15-21(30-25(32)34-26(2,3)4)14-17-6-8-18(9-7-17)22-16-20(27)10-11-23(22)28/h6-11,16,19,21H,5,12,14-15H2,1-4H3,(H,30,32)/t19-,21-/m1/s1. The van der Waals surface area contributed by atoms with Crippen molar-refractivity contribution < 1.29 is 23.5 Å². The Morgan fingerprint density at radius 2 is 1.85 bits per heavy atom. The molecule has 0 fully saturated rings. The summed E-state index contributed by atoms with van der Waals surface area (Å²) in [5, 5.41) is 12.4. The Labute approximate surface area is 205 Å². The number of alkyl carbamates (subject to hydrolysis) is 1. The van der Waals surface area contributed by atoms with Crippen LogP contribution >= 0.6 is 11.6 Å². The van der Waals surface area contributed by atoms with Crippen molar-refractivity contribution in [3.63, 3.8) is 0 Å². The van der Waals surface area contributed by atoms with E-state index >= 15 is 0 Å².